The SMILES string of the molecule is COc1c(C(C)C)cc2c(c1O)[C@]13CC[C@H](OC1=O)C(C)(C)C3CC2. The van der Waals surface area contributed by atoms with E-state index < -0.39 is 5.41 Å². The van der Waals surface area contributed by atoms with Crippen LogP contribution in [0.4, 0.5) is 0 Å². The second-order valence-corrected chi connectivity index (χ2v) is 8.85. The van der Waals surface area contributed by atoms with Gasteiger partial charge in [-0.25, -0.2) is 0 Å². The monoisotopic (exact) mass is 344 g/mol. The van der Waals surface area contributed by atoms with E-state index in [0.717, 1.165) is 42.4 Å². The van der Waals surface area contributed by atoms with Crippen molar-refractivity contribution in [3.05, 3.63) is 22.8 Å². The van der Waals surface area contributed by atoms with Crippen LogP contribution in [-0.4, -0.2) is 24.3 Å². The Morgan fingerprint density at radius 1 is 1.32 bits per heavy atom. The molecule has 2 bridgehead atoms. The minimum absolute atomic E-state index is 0.00704. The van der Waals surface area contributed by atoms with Gasteiger partial charge in [0, 0.05) is 16.5 Å². The summed E-state index contributed by atoms with van der Waals surface area (Å²) in [6.45, 7) is 8.61. The molecule has 1 unspecified atom stereocenters. The summed E-state index contributed by atoms with van der Waals surface area (Å²) in [4.78, 5) is 13.1. The Balaban J connectivity index is 2.01. The second-order valence-electron chi connectivity index (χ2n) is 8.85. The van der Waals surface area contributed by atoms with Crippen LogP contribution in [-0.2, 0) is 21.4 Å². The number of hydrogen-bond donors (Lipinski definition) is 1. The van der Waals surface area contributed by atoms with Crippen LogP contribution in [0.5, 0.6) is 11.5 Å². The number of phenols is 1. The van der Waals surface area contributed by atoms with E-state index in [9.17, 15) is 9.90 Å². The number of carbonyl (C=O) groups excluding carboxylic acids is 1. The van der Waals surface area contributed by atoms with E-state index in [1.54, 1.807) is 7.11 Å². The number of carbonyl (C=O) groups is 1. The van der Waals surface area contributed by atoms with Gasteiger partial charge in [-0.15, -0.1) is 0 Å². The van der Waals surface area contributed by atoms with Crippen molar-refractivity contribution in [1.29, 1.82) is 0 Å². The highest BCUT2D eigenvalue weighted by molar-refractivity contribution is 5.88. The van der Waals surface area contributed by atoms with Gasteiger partial charge in [0.2, 0.25) is 0 Å². The predicted octanol–water partition coefficient (Wildman–Crippen LogP) is 4.07. The third-order valence-electron chi connectivity index (χ3n) is 7.08. The number of fused-ring (bicyclic) bond motifs is 3. The molecule has 1 N–H and O–H groups in total. The van der Waals surface area contributed by atoms with Crippen LogP contribution in [0, 0.1) is 11.3 Å². The smallest absolute Gasteiger partial charge is 0.317 e. The molecule has 3 atom stereocenters. The summed E-state index contributed by atoms with van der Waals surface area (Å²) in [7, 11) is 1.59. The quantitative estimate of drug-likeness (QED) is 0.822. The Hall–Kier alpha value is -1.71. The molecule has 1 aromatic rings. The summed E-state index contributed by atoms with van der Waals surface area (Å²) in [6.07, 6.45) is 3.47. The number of aromatic hydroxyl groups is 1. The average molecular weight is 344 g/mol. The van der Waals surface area contributed by atoms with Crippen LogP contribution >= 0.6 is 0 Å². The largest absolute Gasteiger partial charge is 0.504 e. The lowest BCUT2D eigenvalue weighted by molar-refractivity contribution is -0.208. The van der Waals surface area contributed by atoms with Crippen LogP contribution < -0.4 is 4.74 Å². The number of methoxy groups -OCH3 is 1. The molecular weight excluding hydrogens is 316 g/mol. The van der Waals surface area contributed by atoms with Gasteiger partial charge in [-0.2, -0.15) is 0 Å². The minimum Gasteiger partial charge on any atom is -0.504 e. The first-order valence-electron chi connectivity index (χ1n) is 9.39. The van der Waals surface area contributed by atoms with E-state index in [0.29, 0.717) is 5.75 Å². The molecule has 2 saturated heterocycles. The van der Waals surface area contributed by atoms with Crippen LogP contribution in [0.2, 0.25) is 0 Å². The highest BCUT2D eigenvalue weighted by atomic mass is 16.6. The van der Waals surface area contributed by atoms with Crippen LogP contribution in [0.15, 0.2) is 6.07 Å². The Bertz CT molecular complexity index is 749. The normalized spacial score (nSPS) is 32.2. The highest BCUT2D eigenvalue weighted by Crippen LogP contribution is 2.64. The Morgan fingerprint density at radius 3 is 2.64 bits per heavy atom. The molecule has 25 heavy (non-hydrogen) atoms. The van der Waals surface area contributed by atoms with Crippen LogP contribution in [0.25, 0.3) is 0 Å². The number of ether oxygens (including phenoxy) is 2. The third kappa shape index (κ3) is 1.91. The summed E-state index contributed by atoms with van der Waals surface area (Å²) in [6, 6.07) is 2.14. The van der Waals surface area contributed by atoms with Gasteiger partial charge in [0.05, 0.1) is 7.11 Å². The number of rotatable bonds is 2. The number of aryl methyl sites for hydroxylation is 1. The third-order valence-corrected chi connectivity index (χ3v) is 7.08. The van der Waals surface area contributed by atoms with Crippen molar-refractivity contribution in [1.82, 2.24) is 0 Å². The Kier molecular flexibility index (Phi) is 3.45. The fourth-order valence-corrected chi connectivity index (χ4v) is 5.84. The molecule has 3 fully saturated rings. The van der Waals surface area contributed by atoms with E-state index in [1.807, 2.05) is 0 Å². The van der Waals surface area contributed by atoms with Gasteiger partial charge in [0.15, 0.2) is 11.5 Å². The van der Waals surface area contributed by atoms with Crippen molar-refractivity contribution in [2.24, 2.45) is 11.3 Å². The molecule has 4 aliphatic rings. The van der Waals surface area contributed by atoms with Crippen molar-refractivity contribution in [3.63, 3.8) is 0 Å². The molecule has 4 heteroatoms. The Labute approximate surface area is 149 Å². The summed E-state index contributed by atoms with van der Waals surface area (Å²) < 4.78 is 11.4. The molecule has 1 saturated carbocycles. The molecule has 2 heterocycles. The fraction of sp³-hybridized carbons (Fsp3) is 0.667. The zero-order valence-corrected chi connectivity index (χ0v) is 15.8. The van der Waals surface area contributed by atoms with E-state index >= 15 is 0 Å². The molecular formula is C21H28O4. The molecule has 136 valence electrons. The molecule has 2 aliphatic carbocycles. The standard InChI is InChI=1S/C21H28O4/c1-11(2)13-10-12-6-7-14-20(3,4)15-8-9-21(14,19(23)25-15)16(12)17(22)18(13)24-5/h10-11,14-15,22H,6-9H2,1-5H3/t14?,15-,21+/m0/s1. The average Bonchev–Trinajstić information content (AvgIpc) is 2.55. The summed E-state index contributed by atoms with van der Waals surface area (Å²) in [5, 5.41) is 11.2. The lowest BCUT2D eigenvalue weighted by Crippen LogP contribution is -2.65. The number of benzene rings is 1. The Morgan fingerprint density at radius 2 is 2.04 bits per heavy atom. The van der Waals surface area contributed by atoms with Gasteiger partial charge >= 0.3 is 5.97 Å². The van der Waals surface area contributed by atoms with Crippen LogP contribution in [0.1, 0.15) is 69.6 Å². The van der Waals surface area contributed by atoms with Gasteiger partial charge in [0.1, 0.15) is 11.5 Å². The minimum atomic E-state index is -0.724. The highest BCUT2D eigenvalue weighted by Gasteiger charge is 2.66. The summed E-state index contributed by atoms with van der Waals surface area (Å²) >= 11 is 0. The van der Waals surface area contributed by atoms with Crippen molar-refractivity contribution >= 4 is 5.97 Å². The first-order valence-corrected chi connectivity index (χ1v) is 9.39. The van der Waals surface area contributed by atoms with Crippen molar-refractivity contribution < 1.29 is 19.4 Å². The maximum absolute atomic E-state index is 13.1. The first kappa shape index (κ1) is 16.7. The van der Waals surface area contributed by atoms with Crippen LogP contribution in [0.3, 0.4) is 0 Å². The second kappa shape index (κ2) is 5.15. The van der Waals surface area contributed by atoms with Gasteiger partial charge in [-0.05, 0) is 43.1 Å². The van der Waals surface area contributed by atoms with Crippen molar-refractivity contribution in [3.8, 4) is 11.5 Å². The molecule has 0 radical (unpaired) electrons. The lowest BCUT2D eigenvalue weighted by Gasteiger charge is -2.61. The van der Waals surface area contributed by atoms with Crippen molar-refractivity contribution in [2.45, 2.75) is 70.8 Å². The first-order chi connectivity index (χ1) is 11.7. The van der Waals surface area contributed by atoms with Crippen molar-refractivity contribution in [2.75, 3.05) is 7.11 Å². The number of esters is 1. The molecule has 5 rings (SSSR count). The van der Waals surface area contributed by atoms with Gasteiger partial charge in [0.25, 0.3) is 0 Å². The van der Waals surface area contributed by atoms with E-state index in [-0.39, 0.29) is 35.1 Å². The topological polar surface area (TPSA) is 55.8 Å². The summed E-state index contributed by atoms with van der Waals surface area (Å²) in [5.74, 6) is 0.965. The zero-order valence-electron chi connectivity index (χ0n) is 15.8. The van der Waals surface area contributed by atoms with E-state index in [1.165, 1.54) is 0 Å². The molecule has 0 amide bonds. The maximum Gasteiger partial charge on any atom is 0.317 e. The molecule has 4 nitrogen and oxygen atoms in total. The fourth-order valence-electron chi connectivity index (χ4n) is 5.84. The van der Waals surface area contributed by atoms with Gasteiger partial charge < -0.3 is 14.6 Å². The summed E-state index contributed by atoms with van der Waals surface area (Å²) in [5.41, 5.74) is 2.08. The maximum atomic E-state index is 13.1. The zero-order chi connectivity index (χ0) is 18.1. The van der Waals surface area contributed by atoms with Gasteiger partial charge in [-0.3, -0.25) is 4.79 Å². The number of phenolic OH excluding ortho intramolecular Hbond substituents is 1. The lowest BCUT2D eigenvalue weighted by atomic mass is 9.47. The molecule has 0 aromatic heterocycles. The van der Waals surface area contributed by atoms with E-state index in [4.69, 9.17) is 9.47 Å². The predicted molar refractivity (Wildman–Crippen MR) is 95.1 cm³/mol. The number of hydrogen-bond acceptors (Lipinski definition) is 4. The molecule has 1 aromatic carbocycles. The molecule has 2 aliphatic heterocycles. The van der Waals surface area contributed by atoms with Gasteiger partial charge in [-0.1, -0.05) is 33.8 Å². The molecule has 1 spiro atoms. The van der Waals surface area contributed by atoms with E-state index in [2.05, 4.69) is 33.8 Å².